The zero-order valence-electron chi connectivity index (χ0n) is 8.51. The molecule has 1 rings (SSSR count). The van der Waals surface area contributed by atoms with Gasteiger partial charge in [-0.25, -0.2) is 0 Å². The van der Waals surface area contributed by atoms with Gasteiger partial charge in [-0.2, -0.15) is 0 Å². The van der Waals surface area contributed by atoms with Crippen LogP contribution < -0.4 is 0 Å². The summed E-state index contributed by atoms with van der Waals surface area (Å²) in [4.78, 5) is 0. The van der Waals surface area contributed by atoms with E-state index in [0.717, 1.165) is 5.92 Å². The molecule has 0 spiro atoms. The minimum atomic E-state index is 0.451. The first kappa shape index (κ1) is 9.57. The average Bonchev–Trinajstić information content (AvgIpc) is 2.03. The molecule has 0 saturated carbocycles. The van der Waals surface area contributed by atoms with Crippen molar-refractivity contribution in [3.05, 3.63) is 24.3 Å². The molecule has 0 heterocycles. The first-order valence-electron chi connectivity index (χ1n) is 4.94. The van der Waals surface area contributed by atoms with Crippen LogP contribution in [0.5, 0.6) is 0 Å². The summed E-state index contributed by atoms with van der Waals surface area (Å²) in [5.74, 6) is 0.800. The molecule has 0 nitrogen and oxygen atoms in total. The standard InChI is InChI=1S/C12H20/c1-4-5-6-11-7-9-12(2,3)10-8-11/h4-5,7,9,11H,6,8,10H2,1-3H3/b5-4+/t11-/m0/s1. The van der Waals surface area contributed by atoms with Crippen molar-refractivity contribution in [2.45, 2.75) is 40.0 Å². The third-order valence-electron chi connectivity index (χ3n) is 2.65. The molecule has 0 N–H and O–H groups in total. The van der Waals surface area contributed by atoms with Gasteiger partial charge in [0.15, 0.2) is 0 Å². The van der Waals surface area contributed by atoms with Crippen molar-refractivity contribution in [2.24, 2.45) is 11.3 Å². The van der Waals surface area contributed by atoms with Gasteiger partial charge in [-0.3, -0.25) is 0 Å². The van der Waals surface area contributed by atoms with E-state index in [1.54, 1.807) is 0 Å². The summed E-state index contributed by atoms with van der Waals surface area (Å²) in [5, 5.41) is 0. The molecule has 0 aromatic heterocycles. The second-order valence-electron chi connectivity index (χ2n) is 4.45. The molecule has 0 aromatic carbocycles. The van der Waals surface area contributed by atoms with Crippen LogP contribution in [0.3, 0.4) is 0 Å². The quantitative estimate of drug-likeness (QED) is 0.542. The van der Waals surface area contributed by atoms with Crippen molar-refractivity contribution in [1.29, 1.82) is 0 Å². The summed E-state index contributed by atoms with van der Waals surface area (Å²) >= 11 is 0. The fraction of sp³-hybridized carbons (Fsp3) is 0.667. The van der Waals surface area contributed by atoms with Gasteiger partial charge in [-0.15, -0.1) is 0 Å². The summed E-state index contributed by atoms with van der Waals surface area (Å²) in [6.07, 6.45) is 13.1. The van der Waals surface area contributed by atoms with Crippen LogP contribution in [-0.4, -0.2) is 0 Å². The lowest BCUT2D eigenvalue weighted by Gasteiger charge is -2.27. The molecule has 0 radical (unpaired) electrons. The maximum Gasteiger partial charge on any atom is -0.0175 e. The van der Waals surface area contributed by atoms with E-state index in [0.29, 0.717) is 5.41 Å². The van der Waals surface area contributed by atoms with E-state index in [9.17, 15) is 0 Å². The van der Waals surface area contributed by atoms with Gasteiger partial charge in [0.1, 0.15) is 0 Å². The summed E-state index contributed by atoms with van der Waals surface area (Å²) in [7, 11) is 0. The Morgan fingerprint density at radius 2 is 2.25 bits per heavy atom. The molecular formula is C12H20. The van der Waals surface area contributed by atoms with Crippen molar-refractivity contribution in [3.63, 3.8) is 0 Å². The monoisotopic (exact) mass is 164 g/mol. The molecule has 1 atom stereocenters. The summed E-state index contributed by atoms with van der Waals surface area (Å²) < 4.78 is 0. The highest BCUT2D eigenvalue weighted by Gasteiger charge is 2.20. The van der Waals surface area contributed by atoms with Crippen LogP contribution in [-0.2, 0) is 0 Å². The van der Waals surface area contributed by atoms with Crippen LogP contribution in [0.1, 0.15) is 40.0 Å². The largest absolute Gasteiger partial charge is 0.0916 e. The van der Waals surface area contributed by atoms with Gasteiger partial charge in [0, 0.05) is 0 Å². The van der Waals surface area contributed by atoms with Crippen LogP contribution >= 0.6 is 0 Å². The van der Waals surface area contributed by atoms with Gasteiger partial charge in [-0.05, 0) is 37.5 Å². The second kappa shape index (κ2) is 3.93. The van der Waals surface area contributed by atoms with Gasteiger partial charge in [-0.1, -0.05) is 38.2 Å². The summed E-state index contributed by atoms with van der Waals surface area (Å²) in [5.41, 5.74) is 0.451. The van der Waals surface area contributed by atoms with Crippen LogP contribution in [0.4, 0.5) is 0 Å². The zero-order chi connectivity index (χ0) is 9.03. The molecule has 12 heavy (non-hydrogen) atoms. The van der Waals surface area contributed by atoms with E-state index in [2.05, 4.69) is 45.1 Å². The Hall–Kier alpha value is -0.520. The number of allylic oxidation sites excluding steroid dienone is 4. The molecule has 0 amide bonds. The second-order valence-corrected chi connectivity index (χ2v) is 4.45. The molecule has 0 unspecified atom stereocenters. The molecule has 1 aliphatic carbocycles. The highest BCUT2D eigenvalue weighted by atomic mass is 14.3. The topological polar surface area (TPSA) is 0 Å². The summed E-state index contributed by atoms with van der Waals surface area (Å²) in [6, 6.07) is 0. The number of rotatable bonds is 2. The Morgan fingerprint density at radius 1 is 1.50 bits per heavy atom. The third-order valence-corrected chi connectivity index (χ3v) is 2.65. The minimum Gasteiger partial charge on any atom is -0.0916 e. The molecule has 68 valence electrons. The van der Waals surface area contributed by atoms with Crippen LogP contribution in [0.25, 0.3) is 0 Å². The minimum absolute atomic E-state index is 0.451. The van der Waals surface area contributed by atoms with Crippen molar-refractivity contribution < 1.29 is 0 Å². The van der Waals surface area contributed by atoms with E-state index < -0.39 is 0 Å². The highest BCUT2D eigenvalue weighted by molar-refractivity contribution is 5.04. The molecule has 0 fully saturated rings. The lowest BCUT2D eigenvalue weighted by atomic mass is 9.78. The molecule has 0 aromatic rings. The lowest BCUT2D eigenvalue weighted by molar-refractivity contribution is 0.360. The predicted octanol–water partition coefficient (Wildman–Crippen LogP) is 3.95. The normalized spacial score (nSPS) is 28.1. The highest BCUT2D eigenvalue weighted by Crippen LogP contribution is 2.33. The molecular weight excluding hydrogens is 144 g/mol. The third kappa shape index (κ3) is 2.84. The Kier molecular flexibility index (Phi) is 3.13. The van der Waals surface area contributed by atoms with E-state index >= 15 is 0 Å². The van der Waals surface area contributed by atoms with Crippen molar-refractivity contribution in [2.75, 3.05) is 0 Å². The smallest absolute Gasteiger partial charge is 0.0175 e. The first-order chi connectivity index (χ1) is 5.64. The SMILES string of the molecule is C/C=C/C[C@H]1C=CC(C)(C)CC1. The summed E-state index contributed by atoms with van der Waals surface area (Å²) in [6.45, 7) is 6.72. The fourth-order valence-corrected chi connectivity index (χ4v) is 1.64. The molecule has 0 bridgehead atoms. The molecule has 1 aliphatic rings. The maximum absolute atomic E-state index is 2.39. The van der Waals surface area contributed by atoms with Gasteiger partial charge in [0.25, 0.3) is 0 Å². The van der Waals surface area contributed by atoms with Gasteiger partial charge in [0.05, 0.1) is 0 Å². The number of hydrogen-bond donors (Lipinski definition) is 0. The van der Waals surface area contributed by atoms with Gasteiger partial charge >= 0.3 is 0 Å². The predicted molar refractivity (Wildman–Crippen MR) is 55.1 cm³/mol. The van der Waals surface area contributed by atoms with Crippen LogP contribution in [0.2, 0.25) is 0 Å². The van der Waals surface area contributed by atoms with E-state index in [-0.39, 0.29) is 0 Å². The molecule has 0 saturated heterocycles. The number of hydrogen-bond acceptors (Lipinski definition) is 0. The van der Waals surface area contributed by atoms with Crippen molar-refractivity contribution in [3.8, 4) is 0 Å². The zero-order valence-corrected chi connectivity index (χ0v) is 8.51. The Balaban J connectivity index is 2.43. The van der Waals surface area contributed by atoms with Gasteiger partial charge < -0.3 is 0 Å². The van der Waals surface area contributed by atoms with Crippen LogP contribution in [0.15, 0.2) is 24.3 Å². The maximum atomic E-state index is 2.39. The Morgan fingerprint density at radius 3 is 2.75 bits per heavy atom. The van der Waals surface area contributed by atoms with E-state index in [1.807, 2.05) is 0 Å². The Bertz CT molecular complexity index is 184. The van der Waals surface area contributed by atoms with Crippen LogP contribution in [0, 0.1) is 11.3 Å². The van der Waals surface area contributed by atoms with Gasteiger partial charge in [0.2, 0.25) is 0 Å². The lowest BCUT2D eigenvalue weighted by Crippen LogP contribution is -2.15. The Labute approximate surface area is 76.4 Å². The first-order valence-corrected chi connectivity index (χ1v) is 4.94. The van der Waals surface area contributed by atoms with E-state index in [1.165, 1.54) is 19.3 Å². The van der Waals surface area contributed by atoms with Crippen molar-refractivity contribution in [1.82, 2.24) is 0 Å². The fourth-order valence-electron chi connectivity index (χ4n) is 1.64. The van der Waals surface area contributed by atoms with E-state index in [4.69, 9.17) is 0 Å². The molecule has 0 aliphatic heterocycles. The molecule has 0 heteroatoms. The average molecular weight is 164 g/mol. The van der Waals surface area contributed by atoms with Crippen molar-refractivity contribution >= 4 is 0 Å².